The molecule has 6 nitrogen and oxygen atoms in total. The summed E-state index contributed by atoms with van der Waals surface area (Å²) in [7, 11) is -3.87. The van der Waals surface area contributed by atoms with Crippen LogP contribution in [0.1, 0.15) is 5.56 Å². The molecule has 138 valence electrons. The number of hydrogen-bond acceptors (Lipinski definition) is 4. The number of halogens is 2. The number of anilines is 1. The van der Waals surface area contributed by atoms with Gasteiger partial charge in [0.05, 0.1) is 11.4 Å². The molecule has 1 aliphatic rings. The standard InChI is InChI=1S/C17H16F2N2O4S/c1-11-8-15(6-7-16(11)19)26(23,24)20-9-14-10-21(17(22)25-14)13-4-2-12(18)3-5-13/h2-8,14,20H,9-10H2,1H3. The van der Waals surface area contributed by atoms with Gasteiger partial charge in [-0.2, -0.15) is 0 Å². The van der Waals surface area contributed by atoms with Crippen LogP contribution in [0, 0.1) is 18.6 Å². The van der Waals surface area contributed by atoms with E-state index in [2.05, 4.69) is 4.72 Å². The van der Waals surface area contributed by atoms with Crippen LogP contribution in [0.4, 0.5) is 19.3 Å². The van der Waals surface area contributed by atoms with Crippen molar-refractivity contribution in [2.24, 2.45) is 0 Å². The molecule has 1 atom stereocenters. The van der Waals surface area contributed by atoms with Gasteiger partial charge < -0.3 is 4.74 Å². The number of carbonyl (C=O) groups is 1. The number of amides is 1. The van der Waals surface area contributed by atoms with Crippen LogP contribution in [0.3, 0.4) is 0 Å². The zero-order chi connectivity index (χ0) is 18.9. The van der Waals surface area contributed by atoms with E-state index in [-0.39, 0.29) is 23.5 Å². The minimum absolute atomic E-state index is 0.0730. The monoisotopic (exact) mass is 382 g/mol. The predicted molar refractivity (Wildman–Crippen MR) is 90.3 cm³/mol. The second kappa shape index (κ2) is 7.00. The Morgan fingerprint density at radius 1 is 1.19 bits per heavy atom. The number of nitrogens with one attached hydrogen (secondary N) is 1. The molecule has 1 aliphatic heterocycles. The van der Waals surface area contributed by atoms with Crippen LogP contribution >= 0.6 is 0 Å². The molecule has 9 heteroatoms. The first kappa shape index (κ1) is 18.3. The maximum absolute atomic E-state index is 13.3. The molecular weight excluding hydrogens is 366 g/mol. The van der Waals surface area contributed by atoms with Crippen molar-refractivity contribution in [3.63, 3.8) is 0 Å². The lowest BCUT2D eigenvalue weighted by Crippen LogP contribution is -2.34. The quantitative estimate of drug-likeness (QED) is 0.863. The third-order valence-corrected chi connectivity index (χ3v) is 5.37. The Hall–Kier alpha value is -2.52. The summed E-state index contributed by atoms with van der Waals surface area (Å²) < 4.78 is 58.3. The number of benzene rings is 2. The van der Waals surface area contributed by atoms with Gasteiger partial charge in [0.2, 0.25) is 10.0 Å². The minimum atomic E-state index is -3.87. The molecule has 0 aliphatic carbocycles. The van der Waals surface area contributed by atoms with Crippen molar-refractivity contribution in [3.05, 3.63) is 59.7 Å². The Bertz CT molecular complexity index is 932. The van der Waals surface area contributed by atoms with Crippen LogP contribution < -0.4 is 9.62 Å². The molecule has 0 bridgehead atoms. The van der Waals surface area contributed by atoms with E-state index in [9.17, 15) is 22.0 Å². The van der Waals surface area contributed by atoms with Crippen molar-refractivity contribution < 1.29 is 26.7 Å². The van der Waals surface area contributed by atoms with Crippen LogP contribution in [0.5, 0.6) is 0 Å². The van der Waals surface area contributed by atoms with E-state index in [1.165, 1.54) is 42.2 Å². The molecule has 0 aromatic heterocycles. The van der Waals surface area contributed by atoms with E-state index in [0.717, 1.165) is 12.1 Å². The summed E-state index contributed by atoms with van der Waals surface area (Å²) in [6, 6.07) is 8.77. The minimum Gasteiger partial charge on any atom is -0.443 e. The van der Waals surface area contributed by atoms with E-state index in [0.29, 0.717) is 5.69 Å². The first-order valence-corrected chi connectivity index (χ1v) is 9.24. The third kappa shape index (κ3) is 3.83. The highest BCUT2D eigenvalue weighted by Crippen LogP contribution is 2.22. The molecule has 3 rings (SSSR count). The molecule has 1 N–H and O–H groups in total. The fraction of sp³-hybridized carbons (Fsp3) is 0.235. The number of nitrogens with zero attached hydrogens (tertiary/aromatic N) is 1. The largest absolute Gasteiger partial charge is 0.443 e. The molecule has 1 unspecified atom stereocenters. The summed E-state index contributed by atoms with van der Waals surface area (Å²) in [5.74, 6) is -0.927. The van der Waals surface area contributed by atoms with Gasteiger partial charge in [-0.1, -0.05) is 0 Å². The van der Waals surface area contributed by atoms with Gasteiger partial charge in [-0.25, -0.2) is 26.7 Å². The van der Waals surface area contributed by atoms with E-state index in [1.54, 1.807) is 0 Å². The average molecular weight is 382 g/mol. The zero-order valence-corrected chi connectivity index (χ0v) is 14.6. The van der Waals surface area contributed by atoms with Crippen molar-refractivity contribution in [1.82, 2.24) is 4.72 Å². The van der Waals surface area contributed by atoms with Gasteiger partial charge in [-0.05, 0) is 55.0 Å². The number of hydrogen-bond donors (Lipinski definition) is 1. The van der Waals surface area contributed by atoms with Gasteiger partial charge in [0.1, 0.15) is 17.7 Å². The molecule has 0 spiro atoms. The van der Waals surface area contributed by atoms with E-state index >= 15 is 0 Å². The SMILES string of the molecule is Cc1cc(S(=O)(=O)NCC2CN(c3ccc(F)cc3)C(=O)O2)ccc1F. The van der Waals surface area contributed by atoms with Crippen molar-refractivity contribution in [2.45, 2.75) is 17.9 Å². The molecule has 1 heterocycles. The Kier molecular flexibility index (Phi) is 4.92. The van der Waals surface area contributed by atoms with E-state index < -0.39 is 33.9 Å². The maximum Gasteiger partial charge on any atom is 0.414 e. The molecule has 1 amide bonds. The number of ether oxygens (including phenoxy) is 1. The summed E-state index contributed by atoms with van der Waals surface area (Å²) in [6.45, 7) is 1.45. The Morgan fingerprint density at radius 3 is 2.54 bits per heavy atom. The molecule has 2 aromatic rings. The lowest BCUT2D eigenvalue weighted by Gasteiger charge is -2.13. The highest BCUT2D eigenvalue weighted by Gasteiger charge is 2.33. The second-order valence-electron chi connectivity index (χ2n) is 5.86. The van der Waals surface area contributed by atoms with Crippen LogP contribution in [0.25, 0.3) is 0 Å². The summed E-state index contributed by atoms with van der Waals surface area (Å²) in [5.41, 5.74) is 0.665. The Labute approximate surface area is 149 Å². The van der Waals surface area contributed by atoms with Crippen LogP contribution in [-0.2, 0) is 14.8 Å². The fourth-order valence-electron chi connectivity index (χ4n) is 2.53. The normalized spacial score (nSPS) is 17.4. The van der Waals surface area contributed by atoms with Crippen LogP contribution in [0.15, 0.2) is 47.4 Å². The summed E-state index contributed by atoms with van der Waals surface area (Å²) in [5, 5.41) is 0. The maximum atomic E-state index is 13.3. The predicted octanol–water partition coefficient (Wildman–Crippen LogP) is 2.58. The molecule has 26 heavy (non-hydrogen) atoms. The first-order chi connectivity index (χ1) is 12.3. The zero-order valence-electron chi connectivity index (χ0n) is 13.8. The van der Waals surface area contributed by atoms with Gasteiger partial charge in [-0.15, -0.1) is 0 Å². The van der Waals surface area contributed by atoms with Gasteiger partial charge in [-0.3, -0.25) is 4.90 Å². The summed E-state index contributed by atoms with van der Waals surface area (Å²) >= 11 is 0. The first-order valence-electron chi connectivity index (χ1n) is 7.76. The highest BCUT2D eigenvalue weighted by atomic mass is 32.2. The van der Waals surface area contributed by atoms with Crippen molar-refractivity contribution in [1.29, 1.82) is 0 Å². The lowest BCUT2D eigenvalue weighted by atomic mass is 10.2. The summed E-state index contributed by atoms with van der Waals surface area (Å²) in [4.78, 5) is 13.2. The smallest absolute Gasteiger partial charge is 0.414 e. The van der Waals surface area contributed by atoms with Crippen LogP contribution in [0.2, 0.25) is 0 Å². The molecule has 1 saturated heterocycles. The molecule has 1 fully saturated rings. The fourth-order valence-corrected chi connectivity index (χ4v) is 3.68. The van der Waals surface area contributed by atoms with Crippen molar-refractivity contribution >= 4 is 21.8 Å². The van der Waals surface area contributed by atoms with E-state index in [1.807, 2.05) is 0 Å². The Morgan fingerprint density at radius 2 is 1.88 bits per heavy atom. The van der Waals surface area contributed by atoms with E-state index in [4.69, 9.17) is 4.74 Å². The number of cyclic esters (lactones) is 1. The molecule has 0 radical (unpaired) electrons. The second-order valence-corrected chi connectivity index (χ2v) is 7.62. The molecular formula is C17H16F2N2O4S. The molecule has 0 saturated carbocycles. The molecule has 2 aromatic carbocycles. The van der Waals surface area contributed by atoms with Gasteiger partial charge >= 0.3 is 6.09 Å². The highest BCUT2D eigenvalue weighted by molar-refractivity contribution is 7.89. The third-order valence-electron chi connectivity index (χ3n) is 3.95. The van der Waals surface area contributed by atoms with Crippen LogP contribution in [-0.4, -0.2) is 33.7 Å². The number of sulfonamides is 1. The van der Waals surface area contributed by atoms with Gasteiger partial charge in [0.25, 0.3) is 0 Å². The number of carbonyl (C=O) groups excluding carboxylic acids is 1. The topological polar surface area (TPSA) is 75.7 Å². The van der Waals surface area contributed by atoms with Crippen molar-refractivity contribution in [3.8, 4) is 0 Å². The Balaban J connectivity index is 1.65. The number of rotatable bonds is 5. The van der Waals surface area contributed by atoms with Gasteiger partial charge in [0.15, 0.2) is 0 Å². The average Bonchev–Trinajstić information content (AvgIpc) is 2.97. The van der Waals surface area contributed by atoms with Crippen molar-refractivity contribution in [2.75, 3.05) is 18.0 Å². The summed E-state index contributed by atoms with van der Waals surface area (Å²) in [6.07, 6.45) is -1.35. The van der Waals surface area contributed by atoms with Gasteiger partial charge in [0, 0.05) is 12.2 Å². The number of aryl methyl sites for hydroxylation is 1. The lowest BCUT2D eigenvalue weighted by molar-refractivity contribution is 0.143.